The molecular formula is C13H22N2S. The molecule has 0 spiro atoms. The molecule has 0 aromatic carbocycles. The zero-order valence-electron chi connectivity index (χ0n) is 10.1. The van der Waals surface area contributed by atoms with E-state index in [-0.39, 0.29) is 0 Å². The van der Waals surface area contributed by atoms with Crippen LogP contribution < -0.4 is 5.32 Å². The van der Waals surface area contributed by atoms with Crippen molar-refractivity contribution in [2.24, 2.45) is 0 Å². The molecule has 1 N–H and O–H groups in total. The van der Waals surface area contributed by atoms with Gasteiger partial charge in [-0.2, -0.15) is 0 Å². The molecule has 1 aliphatic rings. The number of hydrogen-bond donors (Lipinski definition) is 1. The van der Waals surface area contributed by atoms with Gasteiger partial charge in [0.05, 0.1) is 0 Å². The minimum atomic E-state index is 0.700. The van der Waals surface area contributed by atoms with Crippen molar-refractivity contribution >= 4 is 11.3 Å². The Morgan fingerprint density at radius 2 is 2.25 bits per heavy atom. The third kappa shape index (κ3) is 3.58. The zero-order chi connectivity index (χ0) is 11.2. The summed E-state index contributed by atoms with van der Waals surface area (Å²) in [5, 5.41) is 5.72. The van der Waals surface area contributed by atoms with Crippen molar-refractivity contribution in [1.29, 1.82) is 0 Å². The lowest BCUT2D eigenvalue weighted by atomic mass is 10.3. The van der Waals surface area contributed by atoms with Gasteiger partial charge in [0.2, 0.25) is 0 Å². The van der Waals surface area contributed by atoms with E-state index < -0.39 is 0 Å². The molecule has 1 aliphatic heterocycles. The lowest BCUT2D eigenvalue weighted by molar-refractivity contribution is 0.252. The van der Waals surface area contributed by atoms with Crippen molar-refractivity contribution in [2.45, 2.75) is 32.2 Å². The fourth-order valence-electron chi connectivity index (χ4n) is 2.29. The van der Waals surface area contributed by atoms with Gasteiger partial charge in [0.25, 0.3) is 0 Å². The lowest BCUT2D eigenvalue weighted by Crippen LogP contribution is -2.39. The maximum Gasteiger partial charge on any atom is 0.0192 e. The molecule has 3 heteroatoms. The smallest absolute Gasteiger partial charge is 0.0192 e. The van der Waals surface area contributed by atoms with Crippen molar-refractivity contribution in [3.63, 3.8) is 0 Å². The summed E-state index contributed by atoms with van der Waals surface area (Å²) in [6, 6.07) is 5.05. The highest BCUT2D eigenvalue weighted by atomic mass is 32.1. The Balaban J connectivity index is 1.57. The Kier molecular flexibility index (Phi) is 4.82. The van der Waals surface area contributed by atoms with E-state index in [0.717, 1.165) is 13.1 Å². The van der Waals surface area contributed by atoms with Gasteiger partial charge in [-0.1, -0.05) is 6.07 Å². The number of hydrogen-bond acceptors (Lipinski definition) is 3. The van der Waals surface area contributed by atoms with Crippen molar-refractivity contribution in [1.82, 2.24) is 10.2 Å². The Morgan fingerprint density at radius 1 is 1.44 bits per heavy atom. The van der Waals surface area contributed by atoms with E-state index in [1.54, 1.807) is 0 Å². The highest BCUT2D eigenvalue weighted by molar-refractivity contribution is 7.09. The lowest BCUT2D eigenvalue weighted by Gasteiger charge is -2.23. The first-order chi connectivity index (χ1) is 7.86. The first-order valence-corrected chi connectivity index (χ1v) is 7.21. The molecule has 0 amide bonds. The molecule has 1 saturated heterocycles. The van der Waals surface area contributed by atoms with Crippen molar-refractivity contribution in [2.75, 3.05) is 26.2 Å². The van der Waals surface area contributed by atoms with E-state index >= 15 is 0 Å². The summed E-state index contributed by atoms with van der Waals surface area (Å²) in [6.45, 7) is 7.18. The van der Waals surface area contributed by atoms with Crippen LogP contribution in [0.25, 0.3) is 0 Å². The van der Waals surface area contributed by atoms with Gasteiger partial charge in [-0.05, 0) is 50.7 Å². The van der Waals surface area contributed by atoms with E-state index in [2.05, 4.69) is 34.7 Å². The molecule has 1 aromatic heterocycles. The van der Waals surface area contributed by atoms with Crippen LogP contribution in [-0.4, -0.2) is 37.1 Å². The van der Waals surface area contributed by atoms with Crippen LogP contribution in [0.4, 0.5) is 0 Å². The summed E-state index contributed by atoms with van der Waals surface area (Å²) in [5.74, 6) is 0. The number of likely N-dealkylation sites (tertiary alicyclic amines) is 1. The second-order valence-electron chi connectivity index (χ2n) is 4.63. The van der Waals surface area contributed by atoms with Crippen LogP contribution in [0.3, 0.4) is 0 Å². The Hall–Kier alpha value is -0.380. The largest absolute Gasteiger partial charge is 0.315 e. The standard InChI is InChI=1S/C13H22N2S/c1-12(15-8-2-3-9-15)11-14-7-6-13-5-4-10-16-13/h4-5,10,12,14H,2-3,6-9,11H2,1H3. The highest BCUT2D eigenvalue weighted by Gasteiger charge is 2.16. The predicted molar refractivity (Wildman–Crippen MR) is 71.2 cm³/mol. The van der Waals surface area contributed by atoms with E-state index in [9.17, 15) is 0 Å². The normalized spacial score (nSPS) is 19.1. The molecule has 2 nitrogen and oxygen atoms in total. The van der Waals surface area contributed by atoms with Crippen LogP contribution >= 0.6 is 11.3 Å². The summed E-state index contributed by atoms with van der Waals surface area (Å²) >= 11 is 1.86. The van der Waals surface area contributed by atoms with Crippen LogP contribution in [0.1, 0.15) is 24.6 Å². The quantitative estimate of drug-likeness (QED) is 0.765. The molecule has 1 aromatic rings. The Labute approximate surface area is 103 Å². The molecule has 0 radical (unpaired) electrons. The molecule has 0 bridgehead atoms. The van der Waals surface area contributed by atoms with E-state index in [1.165, 1.54) is 37.2 Å². The molecule has 1 atom stereocenters. The van der Waals surface area contributed by atoms with Crippen LogP contribution in [0.5, 0.6) is 0 Å². The third-order valence-electron chi connectivity index (χ3n) is 3.33. The topological polar surface area (TPSA) is 15.3 Å². The van der Waals surface area contributed by atoms with Crippen molar-refractivity contribution in [3.8, 4) is 0 Å². The summed E-state index contributed by atoms with van der Waals surface area (Å²) in [6.07, 6.45) is 3.95. The van der Waals surface area contributed by atoms with Crippen LogP contribution in [0, 0.1) is 0 Å². The van der Waals surface area contributed by atoms with Gasteiger partial charge in [0.1, 0.15) is 0 Å². The van der Waals surface area contributed by atoms with Crippen molar-refractivity contribution in [3.05, 3.63) is 22.4 Å². The average Bonchev–Trinajstić information content (AvgIpc) is 2.96. The maximum absolute atomic E-state index is 3.57. The first kappa shape index (κ1) is 12.1. The molecule has 2 heterocycles. The van der Waals surface area contributed by atoms with Gasteiger partial charge in [0.15, 0.2) is 0 Å². The zero-order valence-corrected chi connectivity index (χ0v) is 10.9. The van der Waals surface area contributed by atoms with Gasteiger partial charge in [-0.25, -0.2) is 0 Å². The summed E-state index contributed by atoms with van der Waals surface area (Å²) < 4.78 is 0. The molecule has 1 unspecified atom stereocenters. The number of nitrogens with one attached hydrogen (secondary N) is 1. The minimum absolute atomic E-state index is 0.700. The number of nitrogens with zero attached hydrogens (tertiary/aromatic N) is 1. The predicted octanol–water partition coefficient (Wildman–Crippen LogP) is 2.36. The van der Waals surface area contributed by atoms with Crippen LogP contribution in [0.2, 0.25) is 0 Å². The molecule has 1 fully saturated rings. The molecule has 2 rings (SSSR count). The SMILES string of the molecule is CC(CNCCc1cccs1)N1CCCC1. The van der Waals surface area contributed by atoms with E-state index in [1.807, 2.05) is 11.3 Å². The summed E-state index contributed by atoms with van der Waals surface area (Å²) in [4.78, 5) is 4.08. The maximum atomic E-state index is 3.57. The second-order valence-corrected chi connectivity index (χ2v) is 5.66. The van der Waals surface area contributed by atoms with Gasteiger partial charge in [0, 0.05) is 24.0 Å². The van der Waals surface area contributed by atoms with Gasteiger partial charge < -0.3 is 5.32 Å². The summed E-state index contributed by atoms with van der Waals surface area (Å²) in [5.41, 5.74) is 0. The summed E-state index contributed by atoms with van der Waals surface area (Å²) in [7, 11) is 0. The second kappa shape index (κ2) is 6.38. The molecule has 0 saturated carbocycles. The molecule has 0 aliphatic carbocycles. The van der Waals surface area contributed by atoms with Crippen LogP contribution in [-0.2, 0) is 6.42 Å². The fraction of sp³-hybridized carbons (Fsp3) is 0.692. The average molecular weight is 238 g/mol. The highest BCUT2D eigenvalue weighted by Crippen LogP contribution is 2.11. The monoisotopic (exact) mass is 238 g/mol. The fourth-order valence-corrected chi connectivity index (χ4v) is 3.00. The van der Waals surface area contributed by atoms with Gasteiger partial charge >= 0.3 is 0 Å². The minimum Gasteiger partial charge on any atom is -0.315 e. The molecule has 90 valence electrons. The number of thiophene rings is 1. The van der Waals surface area contributed by atoms with Crippen LogP contribution in [0.15, 0.2) is 17.5 Å². The van der Waals surface area contributed by atoms with E-state index in [0.29, 0.717) is 6.04 Å². The first-order valence-electron chi connectivity index (χ1n) is 6.33. The van der Waals surface area contributed by atoms with E-state index in [4.69, 9.17) is 0 Å². The Bertz CT molecular complexity index is 278. The molecule has 16 heavy (non-hydrogen) atoms. The Morgan fingerprint density at radius 3 is 2.94 bits per heavy atom. The third-order valence-corrected chi connectivity index (χ3v) is 4.27. The van der Waals surface area contributed by atoms with Gasteiger partial charge in [-0.3, -0.25) is 4.90 Å². The van der Waals surface area contributed by atoms with Crippen molar-refractivity contribution < 1.29 is 0 Å². The molecular weight excluding hydrogens is 216 g/mol. The van der Waals surface area contributed by atoms with Gasteiger partial charge in [-0.15, -0.1) is 11.3 Å². The number of rotatable bonds is 6.